The van der Waals surface area contributed by atoms with Crippen LogP contribution in [0.25, 0.3) is 0 Å². The van der Waals surface area contributed by atoms with E-state index >= 15 is 0 Å². The maximum atomic E-state index is 11.6. The van der Waals surface area contributed by atoms with Gasteiger partial charge in [-0.25, -0.2) is 5.06 Å². The van der Waals surface area contributed by atoms with Gasteiger partial charge in [0.2, 0.25) is 0 Å². The average molecular weight is 194 g/mol. The van der Waals surface area contributed by atoms with E-state index in [2.05, 4.69) is 4.98 Å². The Morgan fingerprint density at radius 3 is 2.64 bits per heavy atom. The van der Waals surface area contributed by atoms with Gasteiger partial charge in [0.05, 0.1) is 12.7 Å². The topological polar surface area (TPSA) is 42.4 Å². The van der Waals surface area contributed by atoms with Crippen molar-refractivity contribution in [3.8, 4) is 0 Å². The van der Waals surface area contributed by atoms with E-state index < -0.39 is 0 Å². The number of nitrogens with zero attached hydrogens (tertiary/aromatic N) is 2. The highest BCUT2D eigenvalue weighted by Crippen LogP contribution is 2.08. The highest BCUT2D eigenvalue weighted by atomic mass is 16.7. The molecule has 0 unspecified atom stereocenters. The molecule has 1 heterocycles. The smallest absolute Gasteiger partial charge is 0.274 e. The number of aromatic nitrogens is 1. The molecular weight excluding hydrogens is 180 g/mol. The summed E-state index contributed by atoms with van der Waals surface area (Å²) in [4.78, 5) is 20.5. The molecule has 1 amide bonds. The molecule has 1 rings (SSSR count). The molecule has 1 aromatic heterocycles. The van der Waals surface area contributed by atoms with E-state index in [0.717, 1.165) is 11.3 Å². The number of hydrogen-bond donors (Lipinski definition) is 0. The lowest BCUT2D eigenvalue weighted by Crippen LogP contribution is -2.25. The summed E-state index contributed by atoms with van der Waals surface area (Å²) in [5, 5.41) is 1.17. The number of carbonyl (C=O) groups excluding carboxylic acids is 1. The van der Waals surface area contributed by atoms with Crippen LogP contribution in [0, 0.1) is 13.8 Å². The number of hydroxylamine groups is 2. The SMILES string of the molecule is CON(C)C(=O)c1cnc(C)c(C)c1. The summed E-state index contributed by atoms with van der Waals surface area (Å²) >= 11 is 0. The minimum absolute atomic E-state index is 0.192. The first-order valence-electron chi connectivity index (χ1n) is 4.31. The van der Waals surface area contributed by atoms with Gasteiger partial charge in [0, 0.05) is 18.9 Å². The van der Waals surface area contributed by atoms with Crippen LogP contribution in [0.3, 0.4) is 0 Å². The van der Waals surface area contributed by atoms with Crippen molar-refractivity contribution in [3.05, 3.63) is 29.1 Å². The van der Waals surface area contributed by atoms with Crippen LogP contribution in [-0.2, 0) is 4.84 Å². The Balaban J connectivity index is 2.97. The van der Waals surface area contributed by atoms with Gasteiger partial charge in [-0.15, -0.1) is 0 Å². The normalized spacial score (nSPS) is 10.0. The van der Waals surface area contributed by atoms with Crippen molar-refractivity contribution in [1.82, 2.24) is 10.0 Å². The summed E-state index contributed by atoms with van der Waals surface area (Å²) in [5.41, 5.74) is 2.47. The number of rotatable bonds is 2. The lowest BCUT2D eigenvalue weighted by atomic mass is 10.1. The number of carbonyl (C=O) groups is 1. The molecule has 0 saturated heterocycles. The van der Waals surface area contributed by atoms with Crippen molar-refractivity contribution in [2.45, 2.75) is 13.8 Å². The predicted octanol–water partition coefficient (Wildman–Crippen LogP) is 1.33. The van der Waals surface area contributed by atoms with E-state index in [1.807, 2.05) is 13.8 Å². The van der Waals surface area contributed by atoms with E-state index in [1.54, 1.807) is 19.3 Å². The molecule has 0 bridgehead atoms. The molecule has 0 atom stereocenters. The highest BCUT2D eigenvalue weighted by molar-refractivity contribution is 5.93. The molecule has 76 valence electrons. The summed E-state index contributed by atoms with van der Waals surface area (Å²) in [6, 6.07) is 1.81. The van der Waals surface area contributed by atoms with Crippen molar-refractivity contribution in [3.63, 3.8) is 0 Å². The van der Waals surface area contributed by atoms with Crippen LogP contribution in [0.5, 0.6) is 0 Å². The van der Waals surface area contributed by atoms with Crippen LogP contribution in [0.2, 0.25) is 0 Å². The largest absolute Gasteiger partial charge is 0.278 e. The summed E-state index contributed by atoms with van der Waals surface area (Å²) in [6.45, 7) is 3.83. The third kappa shape index (κ3) is 2.09. The van der Waals surface area contributed by atoms with Gasteiger partial charge < -0.3 is 0 Å². The van der Waals surface area contributed by atoms with E-state index in [0.29, 0.717) is 5.56 Å². The zero-order valence-electron chi connectivity index (χ0n) is 8.87. The minimum Gasteiger partial charge on any atom is -0.274 e. The first-order chi connectivity index (χ1) is 6.56. The Labute approximate surface area is 83.5 Å². The van der Waals surface area contributed by atoms with Crippen molar-refractivity contribution in [2.75, 3.05) is 14.2 Å². The summed E-state index contributed by atoms with van der Waals surface area (Å²) in [5.74, 6) is -0.192. The Morgan fingerprint density at radius 2 is 2.14 bits per heavy atom. The number of aryl methyl sites for hydroxylation is 2. The van der Waals surface area contributed by atoms with Gasteiger partial charge in [-0.3, -0.25) is 14.6 Å². The molecule has 0 N–H and O–H groups in total. The van der Waals surface area contributed by atoms with Crippen LogP contribution in [0.1, 0.15) is 21.6 Å². The molecule has 0 aliphatic heterocycles. The van der Waals surface area contributed by atoms with Crippen molar-refractivity contribution in [1.29, 1.82) is 0 Å². The van der Waals surface area contributed by atoms with Gasteiger partial charge in [-0.05, 0) is 25.5 Å². The molecular formula is C10H14N2O2. The zero-order valence-corrected chi connectivity index (χ0v) is 8.87. The fourth-order valence-corrected chi connectivity index (χ4v) is 1.02. The van der Waals surface area contributed by atoms with Crippen LogP contribution in [-0.4, -0.2) is 30.1 Å². The number of pyridine rings is 1. The Bertz CT molecular complexity index is 350. The standard InChI is InChI=1S/C10H14N2O2/c1-7-5-9(6-11-8(7)2)10(13)12(3)14-4/h5-6H,1-4H3. The van der Waals surface area contributed by atoms with E-state index in [-0.39, 0.29) is 5.91 Å². The predicted molar refractivity (Wildman–Crippen MR) is 52.8 cm³/mol. The van der Waals surface area contributed by atoms with Crippen LogP contribution in [0.4, 0.5) is 0 Å². The van der Waals surface area contributed by atoms with Gasteiger partial charge >= 0.3 is 0 Å². The van der Waals surface area contributed by atoms with E-state index in [9.17, 15) is 4.79 Å². The second-order valence-corrected chi connectivity index (χ2v) is 3.11. The molecule has 14 heavy (non-hydrogen) atoms. The molecule has 1 aromatic rings. The molecule has 0 aliphatic carbocycles. The Kier molecular flexibility index (Phi) is 3.19. The lowest BCUT2D eigenvalue weighted by Gasteiger charge is -2.13. The first-order valence-corrected chi connectivity index (χ1v) is 4.31. The Morgan fingerprint density at radius 1 is 1.50 bits per heavy atom. The van der Waals surface area contributed by atoms with Crippen LogP contribution >= 0.6 is 0 Å². The monoisotopic (exact) mass is 194 g/mol. The number of amides is 1. The van der Waals surface area contributed by atoms with E-state index in [4.69, 9.17) is 4.84 Å². The minimum atomic E-state index is -0.192. The average Bonchev–Trinajstić information content (AvgIpc) is 2.20. The lowest BCUT2D eigenvalue weighted by molar-refractivity contribution is -0.0757. The molecule has 0 aromatic carbocycles. The maximum absolute atomic E-state index is 11.6. The first kappa shape index (κ1) is 10.7. The third-order valence-electron chi connectivity index (χ3n) is 2.15. The van der Waals surface area contributed by atoms with Crippen LogP contribution in [0.15, 0.2) is 12.3 Å². The van der Waals surface area contributed by atoms with Gasteiger partial charge in [0.1, 0.15) is 0 Å². The fourth-order valence-electron chi connectivity index (χ4n) is 1.02. The quantitative estimate of drug-likeness (QED) is 0.667. The fraction of sp³-hybridized carbons (Fsp3) is 0.400. The molecule has 0 fully saturated rings. The maximum Gasteiger partial charge on any atom is 0.278 e. The van der Waals surface area contributed by atoms with Gasteiger partial charge in [0.25, 0.3) is 5.91 Å². The third-order valence-corrected chi connectivity index (χ3v) is 2.15. The van der Waals surface area contributed by atoms with Crippen molar-refractivity contribution in [2.24, 2.45) is 0 Å². The highest BCUT2D eigenvalue weighted by Gasteiger charge is 2.11. The van der Waals surface area contributed by atoms with Gasteiger partial charge in [-0.2, -0.15) is 0 Å². The molecule has 0 aliphatic rings. The molecule has 0 saturated carbocycles. The molecule has 4 nitrogen and oxygen atoms in total. The molecule has 0 spiro atoms. The van der Waals surface area contributed by atoms with E-state index in [1.165, 1.54) is 12.2 Å². The van der Waals surface area contributed by atoms with Crippen molar-refractivity contribution < 1.29 is 9.63 Å². The van der Waals surface area contributed by atoms with Crippen molar-refractivity contribution >= 4 is 5.91 Å². The number of hydrogen-bond acceptors (Lipinski definition) is 3. The summed E-state index contributed by atoms with van der Waals surface area (Å²) < 4.78 is 0. The summed E-state index contributed by atoms with van der Waals surface area (Å²) in [6.07, 6.45) is 1.56. The van der Waals surface area contributed by atoms with Gasteiger partial charge in [-0.1, -0.05) is 0 Å². The van der Waals surface area contributed by atoms with Gasteiger partial charge in [0.15, 0.2) is 0 Å². The molecule has 0 radical (unpaired) electrons. The second-order valence-electron chi connectivity index (χ2n) is 3.11. The second kappa shape index (κ2) is 4.19. The molecule has 4 heteroatoms. The van der Waals surface area contributed by atoms with Crippen LogP contribution < -0.4 is 0 Å². The zero-order chi connectivity index (χ0) is 10.7. The Hall–Kier alpha value is -1.42. The summed E-state index contributed by atoms with van der Waals surface area (Å²) in [7, 11) is 3.02.